The number of carbonyl (C=O) groups is 1. The highest BCUT2D eigenvalue weighted by molar-refractivity contribution is 5.85. The lowest BCUT2D eigenvalue weighted by molar-refractivity contribution is -0.136. The lowest BCUT2D eigenvalue weighted by Gasteiger charge is -2.42. The summed E-state index contributed by atoms with van der Waals surface area (Å²) >= 11 is 0. The topological polar surface area (TPSA) is 32.3 Å². The van der Waals surface area contributed by atoms with E-state index >= 15 is 0 Å². The minimum atomic E-state index is 0. The SMILES string of the molecule is Cl.O=C(CC1CCNCC1)N1CC2CCCC(C2)C1. The van der Waals surface area contributed by atoms with E-state index in [2.05, 4.69) is 10.2 Å². The Kier molecular flexibility index (Phi) is 5.52. The van der Waals surface area contributed by atoms with Crippen molar-refractivity contribution >= 4 is 18.3 Å². The van der Waals surface area contributed by atoms with Crippen molar-refractivity contribution in [2.45, 2.75) is 44.9 Å². The molecule has 1 aliphatic carbocycles. The summed E-state index contributed by atoms with van der Waals surface area (Å²) < 4.78 is 0. The predicted octanol–water partition coefficient (Wildman–Crippen LogP) is 2.45. The molecule has 2 unspecified atom stereocenters. The van der Waals surface area contributed by atoms with E-state index < -0.39 is 0 Å². The van der Waals surface area contributed by atoms with Gasteiger partial charge in [-0.05, 0) is 62.9 Å². The Morgan fingerprint density at radius 2 is 1.68 bits per heavy atom. The van der Waals surface area contributed by atoms with Crippen LogP contribution in [-0.2, 0) is 4.79 Å². The van der Waals surface area contributed by atoms with E-state index in [4.69, 9.17) is 0 Å². The van der Waals surface area contributed by atoms with Crippen molar-refractivity contribution in [3.63, 3.8) is 0 Å². The molecule has 2 aliphatic heterocycles. The Labute approximate surface area is 122 Å². The number of nitrogens with one attached hydrogen (secondary N) is 1. The molecule has 3 aliphatic rings. The number of likely N-dealkylation sites (tertiary alicyclic amines) is 1. The summed E-state index contributed by atoms with van der Waals surface area (Å²) in [5.74, 6) is 2.71. The third kappa shape index (κ3) is 3.85. The van der Waals surface area contributed by atoms with Crippen molar-refractivity contribution in [3.8, 4) is 0 Å². The highest BCUT2D eigenvalue weighted by atomic mass is 35.5. The van der Waals surface area contributed by atoms with Gasteiger partial charge in [-0.1, -0.05) is 6.42 Å². The second-order valence-electron chi connectivity index (χ2n) is 6.59. The van der Waals surface area contributed by atoms with E-state index in [0.29, 0.717) is 11.8 Å². The first-order valence-electron chi connectivity index (χ1n) is 7.80. The smallest absolute Gasteiger partial charge is 0.222 e. The van der Waals surface area contributed by atoms with Gasteiger partial charge in [0.1, 0.15) is 0 Å². The molecule has 3 fully saturated rings. The van der Waals surface area contributed by atoms with Gasteiger partial charge in [0.15, 0.2) is 0 Å². The van der Waals surface area contributed by atoms with Crippen molar-refractivity contribution in [1.29, 1.82) is 0 Å². The summed E-state index contributed by atoms with van der Waals surface area (Å²) in [5.41, 5.74) is 0. The van der Waals surface area contributed by atoms with Crippen LogP contribution in [0.25, 0.3) is 0 Å². The second-order valence-corrected chi connectivity index (χ2v) is 6.59. The Morgan fingerprint density at radius 3 is 2.32 bits per heavy atom. The van der Waals surface area contributed by atoms with E-state index in [1.54, 1.807) is 0 Å². The van der Waals surface area contributed by atoms with Gasteiger partial charge >= 0.3 is 0 Å². The fraction of sp³-hybridized carbons (Fsp3) is 0.933. The molecule has 1 amide bonds. The summed E-state index contributed by atoms with van der Waals surface area (Å²) in [4.78, 5) is 14.6. The minimum absolute atomic E-state index is 0. The molecule has 0 radical (unpaired) electrons. The number of fused-ring (bicyclic) bond motifs is 2. The van der Waals surface area contributed by atoms with Crippen LogP contribution >= 0.6 is 12.4 Å². The van der Waals surface area contributed by atoms with Crippen LogP contribution in [0.4, 0.5) is 0 Å². The summed E-state index contributed by atoms with van der Waals surface area (Å²) in [7, 11) is 0. The first-order valence-corrected chi connectivity index (χ1v) is 7.80. The zero-order valence-electron chi connectivity index (χ0n) is 11.8. The molecular weight excluding hydrogens is 260 g/mol. The Bertz CT molecular complexity index is 293. The van der Waals surface area contributed by atoms with Crippen LogP contribution in [0.1, 0.15) is 44.9 Å². The van der Waals surface area contributed by atoms with Gasteiger partial charge < -0.3 is 10.2 Å². The van der Waals surface area contributed by atoms with Crippen molar-refractivity contribution < 1.29 is 4.79 Å². The average Bonchev–Trinajstić information content (AvgIpc) is 2.39. The van der Waals surface area contributed by atoms with E-state index in [1.165, 1.54) is 38.5 Å². The molecule has 3 rings (SSSR count). The predicted molar refractivity (Wildman–Crippen MR) is 79.5 cm³/mol. The lowest BCUT2D eigenvalue weighted by atomic mass is 9.77. The van der Waals surface area contributed by atoms with Crippen LogP contribution < -0.4 is 5.32 Å². The van der Waals surface area contributed by atoms with Gasteiger partial charge in [0, 0.05) is 19.5 Å². The molecule has 0 aromatic rings. The van der Waals surface area contributed by atoms with Crippen LogP contribution in [0.15, 0.2) is 0 Å². The monoisotopic (exact) mass is 286 g/mol. The van der Waals surface area contributed by atoms with Gasteiger partial charge in [0.2, 0.25) is 5.91 Å². The molecule has 0 spiro atoms. The van der Waals surface area contributed by atoms with Gasteiger partial charge in [-0.3, -0.25) is 4.79 Å². The van der Waals surface area contributed by atoms with Gasteiger partial charge in [-0.15, -0.1) is 12.4 Å². The number of hydrogen-bond donors (Lipinski definition) is 1. The van der Waals surface area contributed by atoms with Gasteiger partial charge in [0.05, 0.1) is 0 Å². The molecule has 4 heteroatoms. The fourth-order valence-electron chi connectivity index (χ4n) is 4.10. The normalized spacial score (nSPS) is 31.7. The van der Waals surface area contributed by atoms with Crippen molar-refractivity contribution in [1.82, 2.24) is 10.2 Å². The maximum Gasteiger partial charge on any atom is 0.222 e. The maximum absolute atomic E-state index is 12.4. The summed E-state index contributed by atoms with van der Waals surface area (Å²) in [6.45, 7) is 4.31. The number of amides is 1. The quantitative estimate of drug-likeness (QED) is 0.846. The molecule has 3 nitrogen and oxygen atoms in total. The van der Waals surface area contributed by atoms with E-state index in [1.807, 2.05) is 0 Å². The molecule has 2 heterocycles. The molecule has 0 aromatic carbocycles. The Balaban J connectivity index is 0.00000133. The van der Waals surface area contributed by atoms with Crippen LogP contribution in [0.2, 0.25) is 0 Å². The first kappa shape index (κ1) is 15.1. The average molecular weight is 287 g/mol. The maximum atomic E-state index is 12.4. The van der Waals surface area contributed by atoms with Crippen molar-refractivity contribution in [2.24, 2.45) is 17.8 Å². The van der Waals surface area contributed by atoms with Crippen molar-refractivity contribution in [2.75, 3.05) is 26.2 Å². The van der Waals surface area contributed by atoms with E-state index in [0.717, 1.165) is 44.4 Å². The zero-order chi connectivity index (χ0) is 12.4. The largest absolute Gasteiger partial charge is 0.342 e. The van der Waals surface area contributed by atoms with Crippen LogP contribution in [-0.4, -0.2) is 37.0 Å². The summed E-state index contributed by atoms with van der Waals surface area (Å²) in [6.07, 6.45) is 8.67. The molecule has 2 atom stereocenters. The molecule has 110 valence electrons. The third-order valence-corrected chi connectivity index (χ3v) is 5.12. The Hall–Kier alpha value is -0.280. The fourth-order valence-corrected chi connectivity index (χ4v) is 4.10. The van der Waals surface area contributed by atoms with Gasteiger partial charge in [-0.2, -0.15) is 0 Å². The minimum Gasteiger partial charge on any atom is -0.342 e. The van der Waals surface area contributed by atoms with Gasteiger partial charge in [-0.25, -0.2) is 0 Å². The highest BCUT2D eigenvalue weighted by Gasteiger charge is 2.33. The summed E-state index contributed by atoms with van der Waals surface area (Å²) in [6, 6.07) is 0. The highest BCUT2D eigenvalue weighted by Crippen LogP contribution is 2.34. The molecule has 0 aromatic heterocycles. The Morgan fingerprint density at radius 1 is 1.05 bits per heavy atom. The third-order valence-electron chi connectivity index (χ3n) is 5.12. The molecule has 2 bridgehead atoms. The number of rotatable bonds is 2. The molecule has 1 saturated carbocycles. The van der Waals surface area contributed by atoms with Gasteiger partial charge in [0.25, 0.3) is 0 Å². The first-order chi connectivity index (χ1) is 8.81. The molecule has 1 N–H and O–H groups in total. The van der Waals surface area contributed by atoms with Crippen molar-refractivity contribution in [3.05, 3.63) is 0 Å². The van der Waals surface area contributed by atoms with Crippen LogP contribution in [0, 0.1) is 17.8 Å². The van der Waals surface area contributed by atoms with E-state index in [9.17, 15) is 4.79 Å². The molecular formula is C15H27ClN2O. The number of hydrogen-bond acceptors (Lipinski definition) is 2. The number of piperidine rings is 2. The molecule has 2 saturated heterocycles. The summed E-state index contributed by atoms with van der Waals surface area (Å²) in [5, 5.41) is 3.37. The zero-order valence-corrected chi connectivity index (χ0v) is 12.6. The number of halogens is 1. The lowest BCUT2D eigenvalue weighted by Crippen LogP contribution is -2.46. The number of nitrogens with zero attached hydrogens (tertiary/aromatic N) is 1. The number of carbonyl (C=O) groups excluding carboxylic acids is 1. The second kappa shape index (κ2) is 6.94. The van der Waals surface area contributed by atoms with E-state index in [-0.39, 0.29) is 12.4 Å². The molecule has 19 heavy (non-hydrogen) atoms. The standard InChI is InChI=1S/C15H26N2O.ClH/c18-15(9-12-4-6-16-7-5-12)17-10-13-2-1-3-14(8-13)11-17;/h12-14,16H,1-11H2;1H. The van der Waals surface area contributed by atoms with Crippen LogP contribution in [0.5, 0.6) is 0 Å². The van der Waals surface area contributed by atoms with Crippen LogP contribution in [0.3, 0.4) is 0 Å².